The van der Waals surface area contributed by atoms with Gasteiger partial charge >= 0.3 is 0 Å². The van der Waals surface area contributed by atoms with Gasteiger partial charge in [0.25, 0.3) is 0 Å². The van der Waals surface area contributed by atoms with Gasteiger partial charge in [0.05, 0.1) is 7.11 Å². The summed E-state index contributed by atoms with van der Waals surface area (Å²) in [7, 11) is 1.68. The minimum Gasteiger partial charge on any atom is -0.497 e. The predicted octanol–water partition coefficient (Wildman–Crippen LogP) is 3.21. The van der Waals surface area contributed by atoms with E-state index in [9.17, 15) is 0 Å². The molecule has 1 unspecified atom stereocenters. The number of hydrogen-bond acceptors (Lipinski definition) is 2. The number of nitrogens with one attached hydrogen (secondary N) is 1. The van der Waals surface area contributed by atoms with Gasteiger partial charge in [-0.25, -0.2) is 0 Å². The Hall–Kier alpha value is -0.730. The van der Waals surface area contributed by atoms with Gasteiger partial charge in [-0.3, -0.25) is 0 Å². The number of halogens is 1. The Bertz CT molecular complexity index is 428. The third kappa shape index (κ3) is 1.94. The molecule has 92 valence electrons. The fraction of sp³-hybridized carbons (Fsp3) is 0.571. The van der Waals surface area contributed by atoms with Gasteiger partial charge in [0.2, 0.25) is 0 Å². The molecule has 2 nitrogen and oxygen atoms in total. The van der Waals surface area contributed by atoms with E-state index >= 15 is 0 Å². The molecule has 1 N–H and O–H groups in total. The van der Waals surface area contributed by atoms with Crippen molar-refractivity contribution in [2.24, 2.45) is 5.41 Å². The predicted molar refractivity (Wildman–Crippen MR) is 69.9 cm³/mol. The summed E-state index contributed by atoms with van der Waals surface area (Å²) in [5, 5.41) is 4.26. The van der Waals surface area contributed by atoms with E-state index in [1.807, 2.05) is 12.1 Å². The molecule has 3 heteroatoms. The van der Waals surface area contributed by atoms with Crippen LogP contribution in [-0.4, -0.2) is 20.2 Å². The van der Waals surface area contributed by atoms with Crippen molar-refractivity contribution in [2.45, 2.75) is 25.2 Å². The number of methoxy groups -OCH3 is 1. The minimum atomic E-state index is 0.577. The van der Waals surface area contributed by atoms with E-state index in [1.54, 1.807) is 7.11 Å². The summed E-state index contributed by atoms with van der Waals surface area (Å²) in [4.78, 5) is 0. The van der Waals surface area contributed by atoms with Gasteiger partial charge in [-0.2, -0.15) is 0 Å². The van der Waals surface area contributed by atoms with Crippen LogP contribution in [0.2, 0.25) is 5.02 Å². The Morgan fingerprint density at radius 3 is 2.76 bits per heavy atom. The molecule has 1 aliphatic carbocycles. The molecule has 1 spiro atoms. The standard InChI is InChI=1S/C14H18ClNO/c1-17-11-2-3-12(13(15)6-11)10-4-5-14(7-10)8-16-9-14/h2-3,6,10,16H,4-5,7-9H2,1H3. The van der Waals surface area contributed by atoms with E-state index < -0.39 is 0 Å². The van der Waals surface area contributed by atoms with Crippen molar-refractivity contribution >= 4 is 11.6 Å². The van der Waals surface area contributed by atoms with Crippen LogP contribution in [0.15, 0.2) is 18.2 Å². The van der Waals surface area contributed by atoms with Crippen molar-refractivity contribution in [1.29, 1.82) is 0 Å². The van der Waals surface area contributed by atoms with Crippen molar-refractivity contribution in [1.82, 2.24) is 5.32 Å². The summed E-state index contributed by atoms with van der Waals surface area (Å²) >= 11 is 6.35. The molecule has 0 bridgehead atoms. The van der Waals surface area contributed by atoms with Crippen LogP contribution in [0, 0.1) is 5.41 Å². The summed E-state index contributed by atoms with van der Waals surface area (Å²) in [5.41, 5.74) is 1.88. The van der Waals surface area contributed by atoms with E-state index in [4.69, 9.17) is 16.3 Å². The van der Waals surface area contributed by atoms with Crippen LogP contribution >= 0.6 is 11.6 Å². The Morgan fingerprint density at radius 2 is 2.24 bits per heavy atom. The lowest BCUT2D eigenvalue weighted by Crippen LogP contribution is -2.51. The fourth-order valence-electron chi connectivity index (χ4n) is 3.24. The van der Waals surface area contributed by atoms with Gasteiger partial charge in [-0.05, 0) is 48.3 Å². The van der Waals surface area contributed by atoms with E-state index in [1.165, 1.54) is 37.9 Å². The highest BCUT2D eigenvalue weighted by Gasteiger charge is 2.44. The molecule has 1 aromatic rings. The second kappa shape index (κ2) is 4.18. The third-order valence-electron chi connectivity index (χ3n) is 4.35. The Balaban J connectivity index is 1.80. The molecule has 1 saturated carbocycles. The zero-order chi connectivity index (χ0) is 11.9. The summed E-state index contributed by atoms with van der Waals surface area (Å²) in [6, 6.07) is 6.09. The molecule has 2 fully saturated rings. The summed E-state index contributed by atoms with van der Waals surface area (Å²) in [5.74, 6) is 1.48. The zero-order valence-electron chi connectivity index (χ0n) is 10.1. The first-order valence-corrected chi connectivity index (χ1v) is 6.64. The van der Waals surface area contributed by atoms with E-state index in [-0.39, 0.29) is 0 Å². The van der Waals surface area contributed by atoms with Crippen LogP contribution in [-0.2, 0) is 0 Å². The van der Waals surface area contributed by atoms with Gasteiger partial charge in [0.15, 0.2) is 0 Å². The maximum atomic E-state index is 6.35. The number of ether oxygens (including phenoxy) is 1. The number of benzene rings is 1. The first-order chi connectivity index (χ1) is 8.22. The normalized spacial score (nSPS) is 25.9. The van der Waals surface area contributed by atoms with E-state index in [2.05, 4.69) is 11.4 Å². The Kier molecular flexibility index (Phi) is 2.80. The molecule has 0 radical (unpaired) electrons. The molecule has 0 amide bonds. The minimum absolute atomic E-state index is 0.577. The van der Waals surface area contributed by atoms with Crippen LogP contribution < -0.4 is 10.1 Å². The average Bonchev–Trinajstić information content (AvgIpc) is 2.73. The fourth-order valence-corrected chi connectivity index (χ4v) is 3.56. The maximum Gasteiger partial charge on any atom is 0.120 e. The first kappa shape index (κ1) is 11.4. The molecule has 17 heavy (non-hydrogen) atoms. The second-order valence-corrected chi connectivity index (χ2v) is 5.84. The lowest BCUT2D eigenvalue weighted by molar-refractivity contribution is 0.175. The highest BCUT2D eigenvalue weighted by Crippen LogP contribution is 2.50. The molecule has 2 aliphatic rings. The van der Waals surface area contributed by atoms with Crippen molar-refractivity contribution in [3.63, 3.8) is 0 Å². The van der Waals surface area contributed by atoms with Crippen LogP contribution in [0.25, 0.3) is 0 Å². The number of hydrogen-bond donors (Lipinski definition) is 1. The zero-order valence-corrected chi connectivity index (χ0v) is 10.9. The quantitative estimate of drug-likeness (QED) is 0.872. The lowest BCUT2D eigenvalue weighted by atomic mass is 9.79. The van der Waals surface area contributed by atoms with Crippen LogP contribution in [0.1, 0.15) is 30.7 Å². The van der Waals surface area contributed by atoms with Crippen LogP contribution in [0.5, 0.6) is 5.75 Å². The highest BCUT2D eigenvalue weighted by molar-refractivity contribution is 6.31. The Morgan fingerprint density at radius 1 is 1.41 bits per heavy atom. The average molecular weight is 252 g/mol. The van der Waals surface area contributed by atoms with Gasteiger partial charge in [0, 0.05) is 18.1 Å². The topological polar surface area (TPSA) is 21.3 Å². The lowest BCUT2D eigenvalue weighted by Gasteiger charge is -2.39. The monoisotopic (exact) mass is 251 g/mol. The number of rotatable bonds is 2. The van der Waals surface area contributed by atoms with E-state index in [0.717, 1.165) is 10.8 Å². The third-order valence-corrected chi connectivity index (χ3v) is 4.68. The smallest absolute Gasteiger partial charge is 0.120 e. The van der Waals surface area contributed by atoms with Gasteiger partial charge < -0.3 is 10.1 Å². The molecule has 1 saturated heterocycles. The molecule has 1 heterocycles. The van der Waals surface area contributed by atoms with Crippen molar-refractivity contribution in [2.75, 3.05) is 20.2 Å². The highest BCUT2D eigenvalue weighted by atomic mass is 35.5. The SMILES string of the molecule is COc1ccc(C2CCC3(CNC3)C2)c(Cl)c1. The molecule has 3 rings (SSSR count). The molecular weight excluding hydrogens is 234 g/mol. The molecule has 1 aliphatic heterocycles. The summed E-state index contributed by atoms with van der Waals surface area (Å²) in [6.45, 7) is 2.38. The van der Waals surface area contributed by atoms with Crippen molar-refractivity contribution in [3.05, 3.63) is 28.8 Å². The van der Waals surface area contributed by atoms with Gasteiger partial charge in [-0.1, -0.05) is 17.7 Å². The second-order valence-electron chi connectivity index (χ2n) is 5.43. The van der Waals surface area contributed by atoms with E-state index in [0.29, 0.717) is 11.3 Å². The summed E-state index contributed by atoms with van der Waals surface area (Å²) < 4.78 is 5.19. The van der Waals surface area contributed by atoms with Crippen LogP contribution in [0.3, 0.4) is 0 Å². The largest absolute Gasteiger partial charge is 0.497 e. The first-order valence-electron chi connectivity index (χ1n) is 6.27. The molecule has 0 aromatic heterocycles. The molecular formula is C14H18ClNO. The van der Waals surface area contributed by atoms with Crippen molar-refractivity contribution in [3.8, 4) is 5.75 Å². The Labute approximate surface area is 107 Å². The summed E-state index contributed by atoms with van der Waals surface area (Å²) in [6.07, 6.45) is 3.90. The van der Waals surface area contributed by atoms with Gasteiger partial charge in [0.1, 0.15) is 5.75 Å². The van der Waals surface area contributed by atoms with Gasteiger partial charge in [-0.15, -0.1) is 0 Å². The maximum absolute atomic E-state index is 6.35. The van der Waals surface area contributed by atoms with Crippen molar-refractivity contribution < 1.29 is 4.74 Å². The molecule has 1 atom stereocenters. The molecule has 1 aromatic carbocycles. The van der Waals surface area contributed by atoms with Crippen LogP contribution in [0.4, 0.5) is 0 Å².